The first-order chi connectivity index (χ1) is 9.84. The highest BCUT2D eigenvalue weighted by atomic mass is 15.2. The van der Waals surface area contributed by atoms with Crippen LogP contribution in [0, 0.1) is 0 Å². The monoisotopic (exact) mass is 270 g/mol. The number of fused-ring (bicyclic) bond motifs is 1. The maximum absolute atomic E-state index is 5.01. The van der Waals surface area contributed by atoms with E-state index < -0.39 is 0 Å². The van der Waals surface area contributed by atoms with E-state index in [2.05, 4.69) is 27.9 Å². The van der Waals surface area contributed by atoms with Gasteiger partial charge in [-0.2, -0.15) is 0 Å². The van der Waals surface area contributed by atoms with Crippen molar-refractivity contribution in [3.63, 3.8) is 0 Å². The molecule has 1 aliphatic carbocycles. The molecule has 2 aromatic rings. The van der Waals surface area contributed by atoms with Gasteiger partial charge < -0.3 is 9.88 Å². The molecule has 0 bridgehead atoms. The molecule has 20 heavy (non-hydrogen) atoms. The molecule has 0 amide bonds. The lowest BCUT2D eigenvalue weighted by Crippen LogP contribution is -2.32. The predicted molar refractivity (Wildman–Crippen MR) is 79.9 cm³/mol. The fourth-order valence-electron chi connectivity index (χ4n) is 3.72. The highest BCUT2D eigenvalue weighted by molar-refractivity contribution is 5.72. The average molecular weight is 270 g/mol. The molecule has 1 saturated carbocycles. The number of nitrogens with one attached hydrogen (secondary N) is 1. The van der Waals surface area contributed by atoms with Gasteiger partial charge in [0.1, 0.15) is 11.3 Å². The molecule has 4 nitrogen and oxygen atoms in total. The van der Waals surface area contributed by atoms with Crippen molar-refractivity contribution < 1.29 is 0 Å². The van der Waals surface area contributed by atoms with Gasteiger partial charge >= 0.3 is 0 Å². The molecule has 0 spiro atoms. The van der Waals surface area contributed by atoms with Gasteiger partial charge in [0.05, 0.1) is 0 Å². The number of nitrogens with zero attached hydrogens (tertiary/aromatic N) is 3. The zero-order chi connectivity index (χ0) is 13.6. The maximum Gasteiger partial charge on any atom is 0.160 e. The van der Waals surface area contributed by atoms with Crippen LogP contribution in [0.3, 0.4) is 0 Å². The van der Waals surface area contributed by atoms with E-state index in [1.807, 2.05) is 12.3 Å². The Kier molecular flexibility index (Phi) is 2.81. The van der Waals surface area contributed by atoms with Gasteiger partial charge in [0, 0.05) is 24.2 Å². The number of hydrogen-bond acceptors (Lipinski definition) is 3. The molecule has 2 aromatic heterocycles. The van der Waals surface area contributed by atoms with Crippen LogP contribution in [-0.2, 0) is 5.41 Å². The molecular formula is C16H22N4. The molecule has 3 heterocycles. The van der Waals surface area contributed by atoms with Crippen LogP contribution in [0.1, 0.15) is 50.9 Å². The van der Waals surface area contributed by atoms with Crippen LogP contribution in [0.5, 0.6) is 0 Å². The van der Waals surface area contributed by atoms with E-state index in [9.17, 15) is 0 Å². The minimum atomic E-state index is 0.220. The fraction of sp³-hybridized carbons (Fsp3) is 0.625. The van der Waals surface area contributed by atoms with Gasteiger partial charge in [-0.05, 0) is 44.4 Å². The summed E-state index contributed by atoms with van der Waals surface area (Å²) in [7, 11) is 0. The maximum atomic E-state index is 5.01. The smallest absolute Gasteiger partial charge is 0.160 e. The van der Waals surface area contributed by atoms with Crippen LogP contribution in [0.25, 0.3) is 11.2 Å². The van der Waals surface area contributed by atoms with Crippen molar-refractivity contribution in [2.75, 3.05) is 13.1 Å². The second-order valence-corrected chi connectivity index (χ2v) is 6.34. The summed E-state index contributed by atoms with van der Waals surface area (Å²) >= 11 is 0. The predicted octanol–water partition coefficient (Wildman–Crippen LogP) is 2.80. The van der Waals surface area contributed by atoms with Gasteiger partial charge in [-0.25, -0.2) is 9.97 Å². The van der Waals surface area contributed by atoms with Gasteiger partial charge in [-0.1, -0.05) is 13.3 Å². The van der Waals surface area contributed by atoms with E-state index in [4.69, 9.17) is 4.98 Å². The minimum Gasteiger partial charge on any atom is -0.316 e. The molecule has 1 unspecified atom stereocenters. The molecule has 2 fully saturated rings. The van der Waals surface area contributed by atoms with Crippen LogP contribution in [-0.4, -0.2) is 27.6 Å². The first-order valence-corrected chi connectivity index (χ1v) is 7.88. The third-order valence-electron chi connectivity index (χ3n) is 4.81. The summed E-state index contributed by atoms with van der Waals surface area (Å²) in [4.78, 5) is 9.61. The summed E-state index contributed by atoms with van der Waals surface area (Å²) in [5, 5.41) is 3.55. The van der Waals surface area contributed by atoms with Crippen LogP contribution in [0.4, 0.5) is 0 Å². The minimum absolute atomic E-state index is 0.220. The summed E-state index contributed by atoms with van der Waals surface area (Å²) in [6, 6.07) is 4.74. The highest BCUT2D eigenvalue weighted by Gasteiger charge is 2.42. The Morgan fingerprint density at radius 3 is 3.05 bits per heavy atom. The largest absolute Gasteiger partial charge is 0.316 e. The number of rotatable bonds is 4. The van der Waals surface area contributed by atoms with E-state index in [-0.39, 0.29) is 5.41 Å². The molecule has 106 valence electrons. The summed E-state index contributed by atoms with van der Waals surface area (Å²) in [6.45, 7) is 4.46. The zero-order valence-electron chi connectivity index (χ0n) is 12.1. The Morgan fingerprint density at radius 1 is 1.45 bits per heavy atom. The van der Waals surface area contributed by atoms with Crippen LogP contribution in [0.2, 0.25) is 0 Å². The van der Waals surface area contributed by atoms with Gasteiger partial charge in [0.25, 0.3) is 0 Å². The van der Waals surface area contributed by atoms with Crippen LogP contribution < -0.4 is 5.32 Å². The van der Waals surface area contributed by atoms with Crippen molar-refractivity contribution in [1.29, 1.82) is 0 Å². The quantitative estimate of drug-likeness (QED) is 0.929. The molecule has 1 aliphatic heterocycles. The molecule has 1 saturated heterocycles. The Labute approximate surface area is 119 Å². The first kappa shape index (κ1) is 12.3. The summed E-state index contributed by atoms with van der Waals surface area (Å²) in [5.74, 6) is 1.29. The Balaban J connectivity index is 1.91. The molecule has 0 radical (unpaired) electrons. The lowest BCUT2D eigenvalue weighted by Gasteiger charge is -2.28. The van der Waals surface area contributed by atoms with E-state index in [0.29, 0.717) is 6.04 Å². The third kappa shape index (κ3) is 1.78. The molecule has 1 N–H and O–H groups in total. The molecule has 2 aliphatic rings. The lowest BCUT2D eigenvalue weighted by atomic mass is 9.81. The Bertz CT molecular complexity index is 620. The van der Waals surface area contributed by atoms with Crippen molar-refractivity contribution in [2.45, 2.75) is 50.5 Å². The SMILES string of the molecule is CCCC1(c2nc3cccnc3n2C2CC2)CCNC1. The van der Waals surface area contributed by atoms with Crippen molar-refractivity contribution >= 4 is 11.2 Å². The average Bonchev–Trinajstić information content (AvgIpc) is 3.06. The lowest BCUT2D eigenvalue weighted by molar-refractivity contribution is 0.385. The summed E-state index contributed by atoms with van der Waals surface area (Å²) in [5.41, 5.74) is 2.38. The summed E-state index contributed by atoms with van der Waals surface area (Å²) < 4.78 is 2.46. The van der Waals surface area contributed by atoms with E-state index in [1.165, 1.54) is 37.9 Å². The molecule has 4 rings (SSSR count). The molecular weight excluding hydrogens is 248 g/mol. The third-order valence-corrected chi connectivity index (χ3v) is 4.81. The molecule has 4 heteroatoms. The van der Waals surface area contributed by atoms with E-state index >= 15 is 0 Å². The zero-order valence-corrected chi connectivity index (χ0v) is 12.1. The number of aromatic nitrogens is 3. The standard InChI is InChI=1S/C16H22N4/c1-2-7-16(8-10-17-11-16)15-19-13-4-3-9-18-14(13)20(15)12-5-6-12/h3-4,9,12,17H,2,5-8,10-11H2,1H3. The number of pyridine rings is 1. The Morgan fingerprint density at radius 2 is 2.35 bits per heavy atom. The second kappa shape index (κ2) is 4.55. The van der Waals surface area contributed by atoms with Crippen LogP contribution >= 0.6 is 0 Å². The number of imidazole rings is 1. The normalized spacial score (nSPS) is 26.4. The molecule has 1 atom stereocenters. The van der Waals surface area contributed by atoms with Crippen molar-refractivity contribution in [1.82, 2.24) is 19.9 Å². The Hall–Kier alpha value is -1.42. The van der Waals surface area contributed by atoms with Gasteiger partial charge in [0.15, 0.2) is 5.65 Å². The van der Waals surface area contributed by atoms with E-state index in [1.54, 1.807) is 0 Å². The van der Waals surface area contributed by atoms with Gasteiger partial charge in [-0.15, -0.1) is 0 Å². The van der Waals surface area contributed by atoms with Gasteiger partial charge in [0.2, 0.25) is 0 Å². The van der Waals surface area contributed by atoms with Crippen molar-refractivity contribution in [2.24, 2.45) is 0 Å². The second-order valence-electron chi connectivity index (χ2n) is 6.34. The molecule has 0 aromatic carbocycles. The fourth-order valence-corrected chi connectivity index (χ4v) is 3.72. The van der Waals surface area contributed by atoms with Crippen molar-refractivity contribution in [3.05, 3.63) is 24.2 Å². The van der Waals surface area contributed by atoms with Crippen molar-refractivity contribution in [3.8, 4) is 0 Å². The van der Waals surface area contributed by atoms with Gasteiger partial charge in [-0.3, -0.25) is 0 Å². The highest BCUT2D eigenvalue weighted by Crippen LogP contribution is 2.43. The number of hydrogen-bond donors (Lipinski definition) is 1. The first-order valence-electron chi connectivity index (χ1n) is 7.88. The topological polar surface area (TPSA) is 42.7 Å². The van der Waals surface area contributed by atoms with E-state index in [0.717, 1.165) is 24.3 Å². The van der Waals surface area contributed by atoms with Crippen LogP contribution in [0.15, 0.2) is 18.3 Å². The summed E-state index contributed by atoms with van der Waals surface area (Å²) in [6.07, 6.45) is 8.09.